The molecular formula is C16H19BrN2O2. The van der Waals surface area contributed by atoms with E-state index in [-0.39, 0.29) is 0 Å². The predicted molar refractivity (Wildman–Crippen MR) is 85.9 cm³/mol. The first-order chi connectivity index (χ1) is 9.97. The van der Waals surface area contributed by atoms with E-state index in [4.69, 9.17) is 4.74 Å². The quantitative estimate of drug-likeness (QED) is 0.771. The average molecular weight is 351 g/mol. The van der Waals surface area contributed by atoms with Crippen LogP contribution >= 0.6 is 15.9 Å². The number of rotatable bonds is 5. The minimum absolute atomic E-state index is 0.437. The first-order valence-corrected chi connectivity index (χ1v) is 7.66. The van der Waals surface area contributed by atoms with Crippen molar-refractivity contribution in [2.75, 3.05) is 0 Å². The van der Waals surface area contributed by atoms with Crippen molar-refractivity contribution in [1.29, 1.82) is 0 Å². The smallest absolute Gasteiger partial charge is 0.150 e. The van der Waals surface area contributed by atoms with Crippen LogP contribution in [0.2, 0.25) is 0 Å². The third-order valence-corrected chi connectivity index (χ3v) is 4.39. The van der Waals surface area contributed by atoms with Gasteiger partial charge in [0.05, 0.1) is 15.9 Å². The molecule has 112 valence electrons. The van der Waals surface area contributed by atoms with E-state index >= 15 is 0 Å². The van der Waals surface area contributed by atoms with Crippen LogP contribution in [-0.2, 0) is 20.1 Å². The van der Waals surface area contributed by atoms with Gasteiger partial charge in [-0.1, -0.05) is 6.92 Å². The largest absolute Gasteiger partial charge is 0.487 e. The zero-order valence-electron chi connectivity index (χ0n) is 12.7. The first kappa shape index (κ1) is 15.8. The summed E-state index contributed by atoms with van der Waals surface area (Å²) in [5.74, 6) is 0.826. The van der Waals surface area contributed by atoms with Crippen LogP contribution in [0.15, 0.2) is 16.6 Å². The normalized spacial score (nSPS) is 10.7. The SMILES string of the molecule is CCc1nn(C)c(COc2c(C)cc(C=O)cc2C)c1Br. The molecule has 0 aliphatic carbocycles. The molecule has 1 aromatic heterocycles. The van der Waals surface area contributed by atoms with Gasteiger partial charge in [-0.2, -0.15) is 5.10 Å². The summed E-state index contributed by atoms with van der Waals surface area (Å²) in [5.41, 5.74) is 4.63. The summed E-state index contributed by atoms with van der Waals surface area (Å²) in [7, 11) is 1.91. The van der Waals surface area contributed by atoms with Crippen LogP contribution in [0.3, 0.4) is 0 Å². The number of benzene rings is 1. The second-order valence-corrected chi connectivity index (χ2v) is 5.87. The summed E-state index contributed by atoms with van der Waals surface area (Å²) in [4.78, 5) is 10.9. The van der Waals surface area contributed by atoms with E-state index < -0.39 is 0 Å². The Morgan fingerprint density at radius 1 is 1.33 bits per heavy atom. The van der Waals surface area contributed by atoms with E-state index in [2.05, 4.69) is 28.0 Å². The van der Waals surface area contributed by atoms with E-state index in [9.17, 15) is 4.79 Å². The summed E-state index contributed by atoms with van der Waals surface area (Å²) < 4.78 is 8.81. The molecule has 0 fully saturated rings. The second-order valence-electron chi connectivity index (χ2n) is 5.07. The average Bonchev–Trinajstić information content (AvgIpc) is 2.72. The summed E-state index contributed by atoms with van der Waals surface area (Å²) in [6.45, 7) is 6.41. The zero-order valence-corrected chi connectivity index (χ0v) is 14.3. The van der Waals surface area contributed by atoms with Crippen LogP contribution in [0.4, 0.5) is 0 Å². The lowest BCUT2D eigenvalue weighted by Crippen LogP contribution is -2.05. The van der Waals surface area contributed by atoms with Crippen LogP contribution < -0.4 is 4.74 Å². The molecule has 0 saturated carbocycles. The number of aromatic nitrogens is 2. The van der Waals surface area contributed by atoms with Crippen molar-refractivity contribution < 1.29 is 9.53 Å². The maximum atomic E-state index is 10.9. The van der Waals surface area contributed by atoms with Gasteiger partial charge in [0.25, 0.3) is 0 Å². The highest BCUT2D eigenvalue weighted by atomic mass is 79.9. The number of carbonyl (C=O) groups excluding carboxylic acids is 1. The number of carbonyl (C=O) groups is 1. The molecule has 5 heteroatoms. The van der Waals surface area contributed by atoms with Crippen LogP contribution in [-0.4, -0.2) is 16.1 Å². The number of hydrogen-bond acceptors (Lipinski definition) is 3. The number of ether oxygens (including phenoxy) is 1. The van der Waals surface area contributed by atoms with Gasteiger partial charge in [0.15, 0.2) is 0 Å². The minimum Gasteiger partial charge on any atom is -0.487 e. The summed E-state index contributed by atoms with van der Waals surface area (Å²) in [6, 6.07) is 3.68. The molecule has 0 bridgehead atoms. The van der Waals surface area contributed by atoms with Gasteiger partial charge in [0, 0.05) is 12.6 Å². The Hall–Kier alpha value is -1.62. The van der Waals surface area contributed by atoms with Gasteiger partial charge in [-0.25, -0.2) is 0 Å². The van der Waals surface area contributed by atoms with Crippen molar-refractivity contribution in [3.05, 3.63) is 44.7 Å². The number of halogens is 1. The van der Waals surface area contributed by atoms with Gasteiger partial charge in [-0.3, -0.25) is 9.48 Å². The van der Waals surface area contributed by atoms with Gasteiger partial charge in [0.1, 0.15) is 18.6 Å². The zero-order chi connectivity index (χ0) is 15.6. The van der Waals surface area contributed by atoms with E-state index in [1.54, 1.807) is 0 Å². The lowest BCUT2D eigenvalue weighted by atomic mass is 10.1. The fraction of sp³-hybridized carbons (Fsp3) is 0.375. The van der Waals surface area contributed by atoms with Crippen molar-refractivity contribution in [2.45, 2.75) is 33.8 Å². The van der Waals surface area contributed by atoms with Crippen LogP contribution in [0.25, 0.3) is 0 Å². The molecule has 21 heavy (non-hydrogen) atoms. The van der Waals surface area contributed by atoms with Crippen LogP contribution in [0.5, 0.6) is 5.75 Å². The lowest BCUT2D eigenvalue weighted by molar-refractivity contribution is 0.112. The Balaban J connectivity index is 2.25. The Labute approximate surface area is 133 Å². The number of aryl methyl sites for hydroxylation is 4. The van der Waals surface area contributed by atoms with Crippen molar-refractivity contribution in [2.24, 2.45) is 7.05 Å². The fourth-order valence-corrected chi connectivity index (χ4v) is 3.13. The molecule has 0 N–H and O–H groups in total. The summed E-state index contributed by atoms with van der Waals surface area (Å²) in [5, 5.41) is 4.46. The van der Waals surface area contributed by atoms with E-state index in [0.717, 1.165) is 45.4 Å². The predicted octanol–water partition coefficient (Wildman–Crippen LogP) is 3.75. The van der Waals surface area contributed by atoms with Crippen LogP contribution in [0, 0.1) is 13.8 Å². The molecule has 0 amide bonds. The summed E-state index contributed by atoms with van der Waals surface area (Å²) in [6.07, 6.45) is 1.73. The van der Waals surface area contributed by atoms with Crippen molar-refractivity contribution in [1.82, 2.24) is 9.78 Å². The van der Waals surface area contributed by atoms with Gasteiger partial charge < -0.3 is 4.74 Å². The first-order valence-electron chi connectivity index (χ1n) is 6.87. The van der Waals surface area contributed by atoms with E-state index in [0.29, 0.717) is 12.2 Å². The molecular weight excluding hydrogens is 332 g/mol. The Morgan fingerprint density at radius 2 is 1.95 bits per heavy atom. The van der Waals surface area contributed by atoms with Crippen molar-refractivity contribution >= 4 is 22.2 Å². The topological polar surface area (TPSA) is 44.1 Å². The maximum Gasteiger partial charge on any atom is 0.150 e. The molecule has 0 spiro atoms. The number of aldehydes is 1. The minimum atomic E-state index is 0.437. The lowest BCUT2D eigenvalue weighted by Gasteiger charge is -2.13. The third-order valence-electron chi connectivity index (χ3n) is 3.47. The molecule has 2 aromatic rings. The Kier molecular flexibility index (Phi) is 4.83. The van der Waals surface area contributed by atoms with Gasteiger partial charge in [-0.05, 0) is 59.5 Å². The van der Waals surface area contributed by atoms with Crippen molar-refractivity contribution in [3.8, 4) is 5.75 Å². The Bertz CT molecular complexity index is 654. The van der Waals surface area contributed by atoms with Gasteiger partial charge in [0.2, 0.25) is 0 Å². The second kappa shape index (κ2) is 6.43. The highest BCUT2D eigenvalue weighted by Crippen LogP contribution is 2.27. The summed E-state index contributed by atoms with van der Waals surface area (Å²) >= 11 is 3.59. The van der Waals surface area contributed by atoms with Gasteiger partial charge >= 0.3 is 0 Å². The molecule has 0 aliphatic heterocycles. The molecule has 0 radical (unpaired) electrons. The molecule has 1 heterocycles. The standard InChI is InChI=1S/C16H19BrN2O2/c1-5-13-15(17)14(19(4)18-13)9-21-16-10(2)6-12(8-20)7-11(16)3/h6-8H,5,9H2,1-4H3. The van der Waals surface area contributed by atoms with Crippen molar-refractivity contribution in [3.63, 3.8) is 0 Å². The van der Waals surface area contributed by atoms with Crippen LogP contribution in [0.1, 0.15) is 39.8 Å². The number of hydrogen-bond donors (Lipinski definition) is 0. The Morgan fingerprint density at radius 3 is 2.43 bits per heavy atom. The molecule has 0 unspecified atom stereocenters. The molecule has 2 rings (SSSR count). The molecule has 0 aliphatic rings. The molecule has 1 aromatic carbocycles. The molecule has 4 nitrogen and oxygen atoms in total. The third kappa shape index (κ3) is 3.18. The monoisotopic (exact) mass is 350 g/mol. The fourth-order valence-electron chi connectivity index (χ4n) is 2.40. The highest BCUT2D eigenvalue weighted by molar-refractivity contribution is 9.10. The maximum absolute atomic E-state index is 10.9. The highest BCUT2D eigenvalue weighted by Gasteiger charge is 2.14. The number of nitrogens with zero attached hydrogens (tertiary/aromatic N) is 2. The van der Waals surface area contributed by atoms with Gasteiger partial charge in [-0.15, -0.1) is 0 Å². The molecule has 0 atom stereocenters. The van der Waals surface area contributed by atoms with E-state index in [1.807, 2.05) is 37.7 Å². The molecule has 0 saturated heterocycles. The van der Waals surface area contributed by atoms with E-state index in [1.165, 1.54) is 0 Å².